The van der Waals surface area contributed by atoms with Gasteiger partial charge in [-0.3, -0.25) is 4.79 Å². The van der Waals surface area contributed by atoms with Crippen molar-refractivity contribution in [1.82, 2.24) is 5.32 Å². The third-order valence-corrected chi connectivity index (χ3v) is 6.03. The smallest absolute Gasteiger partial charge is 0.416 e. The van der Waals surface area contributed by atoms with Crippen LogP contribution in [-0.2, 0) is 15.7 Å². The number of piperidine rings is 1. The van der Waals surface area contributed by atoms with Crippen LogP contribution < -0.4 is 10.2 Å². The molecule has 1 aromatic rings. The van der Waals surface area contributed by atoms with Gasteiger partial charge in [-0.1, -0.05) is 19.4 Å². The minimum atomic E-state index is -4.36. The van der Waals surface area contributed by atoms with E-state index in [1.807, 2.05) is 4.90 Å². The molecule has 2 fully saturated rings. The lowest BCUT2D eigenvalue weighted by atomic mass is 9.90. The standard InChI is InChI=1S/C21H29F3N2O2/c1-3-4-17-11-15(13-25-17)18-6-5-16(21(22,23)24)12-19(18)26-9-7-14(8-10-26)20(27)28-2/h5-6,12,14-15,17,25H,3-4,7-11,13H2,1-2H3/t15?,17-/m1/s1. The van der Waals surface area contributed by atoms with E-state index in [4.69, 9.17) is 4.74 Å². The molecule has 0 aromatic heterocycles. The van der Waals surface area contributed by atoms with Crippen molar-refractivity contribution in [3.05, 3.63) is 29.3 Å². The number of nitrogens with one attached hydrogen (secondary N) is 1. The summed E-state index contributed by atoms with van der Waals surface area (Å²) in [5.41, 5.74) is 1.04. The summed E-state index contributed by atoms with van der Waals surface area (Å²) >= 11 is 0. The highest BCUT2D eigenvalue weighted by atomic mass is 19.4. The molecule has 0 saturated carbocycles. The van der Waals surface area contributed by atoms with E-state index in [0.29, 0.717) is 37.7 Å². The van der Waals surface area contributed by atoms with Crippen LogP contribution in [0.1, 0.15) is 56.1 Å². The summed E-state index contributed by atoms with van der Waals surface area (Å²) in [7, 11) is 1.37. The van der Waals surface area contributed by atoms with Gasteiger partial charge in [0.2, 0.25) is 0 Å². The van der Waals surface area contributed by atoms with Crippen LogP contribution in [0.4, 0.5) is 18.9 Å². The number of ether oxygens (including phenoxy) is 1. The normalized spacial score (nSPS) is 23.8. The second kappa shape index (κ2) is 8.72. The number of carbonyl (C=O) groups excluding carboxylic acids is 1. The largest absolute Gasteiger partial charge is 0.469 e. The fraction of sp³-hybridized carbons (Fsp3) is 0.667. The lowest BCUT2D eigenvalue weighted by Crippen LogP contribution is -2.37. The summed E-state index contributed by atoms with van der Waals surface area (Å²) in [6, 6.07) is 4.58. The van der Waals surface area contributed by atoms with Gasteiger partial charge in [0.1, 0.15) is 0 Å². The predicted octanol–water partition coefficient (Wildman–Crippen LogP) is 4.34. The minimum Gasteiger partial charge on any atom is -0.469 e. The fourth-order valence-electron chi connectivity index (χ4n) is 4.49. The number of nitrogens with zero attached hydrogens (tertiary/aromatic N) is 1. The first-order valence-electron chi connectivity index (χ1n) is 10.1. The Morgan fingerprint density at radius 1 is 1.29 bits per heavy atom. The SMILES string of the molecule is CCC[C@@H]1CC(c2ccc(C(F)(F)F)cc2N2CCC(C(=O)OC)CC2)CN1. The predicted molar refractivity (Wildman–Crippen MR) is 102 cm³/mol. The van der Waals surface area contributed by atoms with E-state index < -0.39 is 11.7 Å². The van der Waals surface area contributed by atoms with Crippen molar-refractivity contribution in [2.75, 3.05) is 31.6 Å². The van der Waals surface area contributed by atoms with Crippen LogP contribution in [0.25, 0.3) is 0 Å². The Labute approximate surface area is 164 Å². The fourth-order valence-corrected chi connectivity index (χ4v) is 4.49. The molecule has 2 atom stereocenters. The maximum atomic E-state index is 13.3. The first-order valence-corrected chi connectivity index (χ1v) is 10.1. The van der Waals surface area contributed by atoms with Gasteiger partial charge in [0.15, 0.2) is 0 Å². The Morgan fingerprint density at radius 3 is 2.61 bits per heavy atom. The highest BCUT2D eigenvalue weighted by Crippen LogP contribution is 2.40. The number of carbonyl (C=O) groups is 1. The van der Waals surface area contributed by atoms with Crippen LogP contribution in [0.3, 0.4) is 0 Å². The molecular formula is C21H29F3N2O2. The van der Waals surface area contributed by atoms with Gasteiger partial charge in [-0.15, -0.1) is 0 Å². The van der Waals surface area contributed by atoms with Gasteiger partial charge in [-0.05, 0) is 49.3 Å². The van der Waals surface area contributed by atoms with Crippen molar-refractivity contribution in [3.8, 4) is 0 Å². The average Bonchev–Trinajstić information content (AvgIpc) is 3.15. The van der Waals surface area contributed by atoms with Crippen LogP contribution in [0.15, 0.2) is 18.2 Å². The summed E-state index contributed by atoms with van der Waals surface area (Å²) in [5.74, 6) is -0.184. The molecule has 3 rings (SSSR count). The van der Waals surface area contributed by atoms with E-state index in [9.17, 15) is 18.0 Å². The van der Waals surface area contributed by atoms with Gasteiger partial charge in [-0.25, -0.2) is 0 Å². The van der Waals surface area contributed by atoms with Crippen molar-refractivity contribution in [2.24, 2.45) is 5.92 Å². The van der Waals surface area contributed by atoms with Gasteiger partial charge >= 0.3 is 12.1 Å². The van der Waals surface area contributed by atoms with Gasteiger partial charge < -0.3 is 15.0 Å². The number of hydrogen-bond acceptors (Lipinski definition) is 4. The topological polar surface area (TPSA) is 41.6 Å². The number of esters is 1. The van der Waals surface area contributed by atoms with E-state index >= 15 is 0 Å². The van der Waals surface area contributed by atoms with Crippen LogP contribution in [-0.4, -0.2) is 38.8 Å². The highest BCUT2D eigenvalue weighted by molar-refractivity contribution is 5.73. The molecule has 0 spiro atoms. The monoisotopic (exact) mass is 398 g/mol. The lowest BCUT2D eigenvalue weighted by molar-refractivity contribution is -0.146. The number of methoxy groups -OCH3 is 1. The number of hydrogen-bond donors (Lipinski definition) is 1. The Hall–Kier alpha value is -1.76. The molecule has 1 N–H and O–H groups in total. The zero-order chi connectivity index (χ0) is 20.3. The molecule has 0 aliphatic carbocycles. The second-order valence-electron chi connectivity index (χ2n) is 7.88. The van der Waals surface area contributed by atoms with Gasteiger partial charge in [-0.2, -0.15) is 13.2 Å². The van der Waals surface area contributed by atoms with Crippen molar-refractivity contribution in [1.29, 1.82) is 0 Å². The number of halogens is 3. The molecule has 1 unspecified atom stereocenters. The Balaban J connectivity index is 1.84. The van der Waals surface area contributed by atoms with Gasteiger partial charge in [0.05, 0.1) is 18.6 Å². The summed E-state index contributed by atoms with van der Waals surface area (Å²) in [6.07, 6.45) is -0.0448. The second-order valence-corrected chi connectivity index (χ2v) is 7.88. The summed E-state index contributed by atoms with van der Waals surface area (Å²) in [5, 5.41) is 3.51. The Morgan fingerprint density at radius 2 is 2.00 bits per heavy atom. The molecule has 2 saturated heterocycles. The first-order chi connectivity index (χ1) is 13.3. The first kappa shape index (κ1) is 21.0. The van der Waals surface area contributed by atoms with E-state index in [2.05, 4.69) is 12.2 Å². The summed E-state index contributed by atoms with van der Waals surface area (Å²) < 4.78 is 44.8. The lowest BCUT2D eigenvalue weighted by Gasteiger charge is -2.35. The molecule has 1 aromatic carbocycles. The molecule has 2 aliphatic heterocycles. The van der Waals surface area contributed by atoms with Crippen LogP contribution in [0, 0.1) is 5.92 Å². The van der Waals surface area contributed by atoms with E-state index in [-0.39, 0.29) is 17.8 Å². The summed E-state index contributed by atoms with van der Waals surface area (Å²) in [6.45, 7) is 4.06. The van der Waals surface area contributed by atoms with Crippen LogP contribution in [0.2, 0.25) is 0 Å². The molecule has 2 heterocycles. The minimum absolute atomic E-state index is 0.169. The van der Waals surface area contributed by atoms with Gasteiger partial charge in [0.25, 0.3) is 0 Å². The zero-order valence-corrected chi connectivity index (χ0v) is 16.5. The number of benzene rings is 1. The highest BCUT2D eigenvalue weighted by Gasteiger charge is 2.35. The molecule has 2 aliphatic rings. The summed E-state index contributed by atoms with van der Waals surface area (Å²) in [4.78, 5) is 13.8. The number of alkyl halides is 3. The molecule has 156 valence electrons. The van der Waals surface area contributed by atoms with E-state index in [1.165, 1.54) is 19.2 Å². The molecular weight excluding hydrogens is 369 g/mol. The molecule has 0 bridgehead atoms. The van der Waals surface area contributed by atoms with E-state index in [1.54, 1.807) is 6.07 Å². The maximum absolute atomic E-state index is 13.3. The average molecular weight is 398 g/mol. The van der Waals surface area contributed by atoms with Gasteiger partial charge in [0, 0.05) is 31.4 Å². The van der Waals surface area contributed by atoms with Crippen molar-refractivity contribution < 1.29 is 22.7 Å². The van der Waals surface area contributed by atoms with Crippen molar-refractivity contribution >= 4 is 11.7 Å². The Kier molecular flexibility index (Phi) is 6.53. The number of anilines is 1. The van der Waals surface area contributed by atoms with Crippen molar-refractivity contribution in [3.63, 3.8) is 0 Å². The van der Waals surface area contributed by atoms with Crippen molar-refractivity contribution in [2.45, 2.75) is 57.2 Å². The molecule has 0 amide bonds. The molecule has 7 heteroatoms. The maximum Gasteiger partial charge on any atom is 0.416 e. The van der Waals surface area contributed by atoms with E-state index in [0.717, 1.165) is 31.4 Å². The Bertz CT molecular complexity index is 685. The number of rotatable bonds is 5. The quantitative estimate of drug-likeness (QED) is 0.750. The molecule has 4 nitrogen and oxygen atoms in total. The molecule has 0 radical (unpaired) electrons. The van der Waals surface area contributed by atoms with Crippen LogP contribution in [0.5, 0.6) is 0 Å². The van der Waals surface area contributed by atoms with Crippen LogP contribution >= 0.6 is 0 Å². The third-order valence-electron chi connectivity index (χ3n) is 6.03. The third kappa shape index (κ3) is 4.62. The zero-order valence-electron chi connectivity index (χ0n) is 16.5. The molecule has 28 heavy (non-hydrogen) atoms.